The predicted molar refractivity (Wildman–Crippen MR) is 73.3 cm³/mol. The van der Waals surface area contributed by atoms with Crippen molar-refractivity contribution in [3.05, 3.63) is 64.2 Å². The van der Waals surface area contributed by atoms with Crippen LogP contribution in [0.5, 0.6) is 0 Å². The summed E-state index contributed by atoms with van der Waals surface area (Å²) >= 11 is 5.91. The summed E-state index contributed by atoms with van der Waals surface area (Å²) in [4.78, 5) is 25.0. The van der Waals surface area contributed by atoms with Gasteiger partial charge in [-0.2, -0.15) is 0 Å². The van der Waals surface area contributed by atoms with Crippen molar-refractivity contribution in [2.24, 2.45) is 0 Å². The van der Waals surface area contributed by atoms with Crippen molar-refractivity contribution in [1.82, 2.24) is 0 Å². The molecule has 21 heavy (non-hydrogen) atoms. The van der Waals surface area contributed by atoms with E-state index in [2.05, 4.69) is 0 Å². The van der Waals surface area contributed by atoms with Crippen LogP contribution >= 0.6 is 11.6 Å². The predicted octanol–water partition coefficient (Wildman–Crippen LogP) is 3.35. The fourth-order valence-electron chi connectivity index (χ4n) is 2.24. The summed E-state index contributed by atoms with van der Waals surface area (Å²) in [6, 6.07) is 7.26. The van der Waals surface area contributed by atoms with Crippen LogP contribution in [0.15, 0.2) is 36.4 Å². The van der Waals surface area contributed by atoms with Crippen LogP contribution in [0, 0.1) is 11.6 Å². The van der Waals surface area contributed by atoms with Crippen molar-refractivity contribution in [2.45, 2.75) is 6.54 Å². The zero-order valence-corrected chi connectivity index (χ0v) is 11.3. The SMILES string of the molecule is O=C1C(=O)N(Cc2ccc(F)cc2Cl)c2cc(F)ccc21. The van der Waals surface area contributed by atoms with E-state index in [0.717, 1.165) is 23.1 Å². The number of carbonyl (C=O) groups excluding carboxylic acids is 2. The largest absolute Gasteiger partial charge is 0.300 e. The van der Waals surface area contributed by atoms with E-state index in [4.69, 9.17) is 11.6 Å². The molecule has 0 saturated heterocycles. The molecule has 1 amide bonds. The van der Waals surface area contributed by atoms with Gasteiger partial charge in [0.1, 0.15) is 11.6 Å². The molecule has 3 rings (SSSR count). The van der Waals surface area contributed by atoms with E-state index in [-0.39, 0.29) is 22.8 Å². The van der Waals surface area contributed by atoms with Crippen LogP contribution in [0.3, 0.4) is 0 Å². The molecule has 106 valence electrons. The lowest BCUT2D eigenvalue weighted by molar-refractivity contribution is -0.114. The van der Waals surface area contributed by atoms with E-state index in [1.54, 1.807) is 0 Å². The number of Topliss-reactive ketones (excluding diaryl/α,β-unsaturated/α-hetero) is 1. The molecule has 1 heterocycles. The molecule has 6 heteroatoms. The monoisotopic (exact) mass is 307 g/mol. The number of carbonyl (C=O) groups is 2. The molecule has 2 aromatic rings. The quantitative estimate of drug-likeness (QED) is 0.798. The van der Waals surface area contributed by atoms with Gasteiger partial charge in [-0.3, -0.25) is 9.59 Å². The second-order valence-electron chi connectivity index (χ2n) is 4.62. The molecule has 0 atom stereocenters. The van der Waals surface area contributed by atoms with Gasteiger partial charge >= 0.3 is 0 Å². The first-order valence-corrected chi connectivity index (χ1v) is 6.45. The Kier molecular flexibility index (Phi) is 3.22. The van der Waals surface area contributed by atoms with Crippen molar-refractivity contribution in [3.63, 3.8) is 0 Å². The first-order valence-electron chi connectivity index (χ1n) is 6.07. The lowest BCUT2D eigenvalue weighted by Gasteiger charge is -2.17. The van der Waals surface area contributed by atoms with Gasteiger partial charge in [0.2, 0.25) is 0 Å². The van der Waals surface area contributed by atoms with Crippen LogP contribution in [-0.4, -0.2) is 11.7 Å². The van der Waals surface area contributed by atoms with Gasteiger partial charge in [-0.1, -0.05) is 17.7 Å². The van der Waals surface area contributed by atoms with E-state index in [1.807, 2.05) is 0 Å². The molecule has 0 aromatic heterocycles. The number of anilines is 1. The number of hydrogen-bond donors (Lipinski definition) is 0. The smallest absolute Gasteiger partial charge is 0.299 e. The molecule has 0 spiro atoms. The minimum atomic E-state index is -0.754. The van der Waals surface area contributed by atoms with Gasteiger partial charge in [0.25, 0.3) is 11.7 Å². The molecular formula is C15H8ClF2NO2. The number of rotatable bonds is 2. The van der Waals surface area contributed by atoms with Crippen LogP contribution in [-0.2, 0) is 11.3 Å². The molecule has 0 radical (unpaired) electrons. The molecule has 0 unspecified atom stereocenters. The highest BCUT2D eigenvalue weighted by atomic mass is 35.5. The fourth-order valence-corrected chi connectivity index (χ4v) is 2.47. The molecule has 2 aromatic carbocycles. The summed E-state index contributed by atoms with van der Waals surface area (Å²) < 4.78 is 26.4. The van der Waals surface area contributed by atoms with Crippen LogP contribution < -0.4 is 4.90 Å². The minimum absolute atomic E-state index is 0.0276. The summed E-state index contributed by atoms with van der Waals surface area (Å²) in [5.41, 5.74) is 0.821. The van der Waals surface area contributed by atoms with Crippen LogP contribution in [0.25, 0.3) is 0 Å². The molecule has 0 saturated carbocycles. The molecule has 0 N–H and O–H groups in total. The highest BCUT2D eigenvalue weighted by Crippen LogP contribution is 2.32. The molecule has 0 aliphatic carbocycles. The first-order chi connectivity index (χ1) is 9.97. The normalized spacial score (nSPS) is 13.8. The first kappa shape index (κ1) is 13.7. The molecular weight excluding hydrogens is 300 g/mol. The Labute approximate surface area is 123 Å². The topological polar surface area (TPSA) is 37.4 Å². The van der Waals surface area contributed by atoms with Gasteiger partial charge in [0.15, 0.2) is 0 Å². The maximum Gasteiger partial charge on any atom is 0.299 e. The lowest BCUT2D eigenvalue weighted by atomic mass is 10.1. The maximum absolute atomic E-state index is 13.3. The fraction of sp³-hybridized carbons (Fsp3) is 0.0667. The summed E-state index contributed by atoms with van der Waals surface area (Å²) in [6.07, 6.45) is 0. The number of hydrogen-bond acceptors (Lipinski definition) is 2. The second kappa shape index (κ2) is 4.93. The third-order valence-corrected chi connectivity index (χ3v) is 3.63. The van der Waals surface area contributed by atoms with Gasteiger partial charge in [-0.15, -0.1) is 0 Å². The molecule has 1 aliphatic heterocycles. The van der Waals surface area contributed by atoms with E-state index in [9.17, 15) is 18.4 Å². The van der Waals surface area contributed by atoms with Crippen LogP contribution in [0.2, 0.25) is 5.02 Å². The Morgan fingerprint density at radius 3 is 2.38 bits per heavy atom. The number of ketones is 1. The number of halogens is 3. The van der Waals surface area contributed by atoms with Gasteiger partial charge in [0, 0.05) is 5.02 Å². The molecule has 1 aliphatic rings. The lowest BCUT2D eigenvalue weighted by Crippen LogP contribution is -2.29. The van der Waals surface area contributed by atoms with E-state index in [1.165, 1.54) is 18.2 Å². The number of benzene rings is 2. The zero-order chi connectivity index (χ0) is 15.1. The van der Waals surface area contributed by atoms with Crippen molar-refractivity contribution in [1.29, 1.82) is 0 Å². The van der Waals surface area contributed by atoms with Crippen LogP contribution in [0.4, 0.5) is 14.5 Å². The number of fused-ring (bicyclic) bond motifs is 1. The van der Waals surface area contributed by atoms with Crippen molar-refractivity contribution < 1.29 is 18.4 Å². The van der Waals surface area contributed by atoms with Crippen molar-refractivity contribution >= 4 is 29.0 Å². The summed E-state index contributed by atoms with van der Waals surface area (Å²) in [5, 5.41) is 0.139. The standard InChI is InChI=1S/C15H8ClF2NO2/c16-12-5-9(17)2-1-8(12)7-19-13-6-10(18)3-4-11(13)14(20)15(19)21/h1-6H,7H2. The van der Waals surface area contributed by atoms with Gasteiger partial charge in [-0.25, -0.2) is 8.78 Å². The zero-order valence-electron chi connectivity index (χ0n) is 10.6. The Balaban J connectivity index is 2.02. The van der Waals surface area contributed by atoms with Crippen molar-refractivity contribution in [2.75, 3.05) is 4.90 Å². The van der Waals surface area contributed by atoms with E-state index in [0.29, 0.717) is 5.56 Å². The molecule has 0 fully saturated rings. The van der Waals surface area contributed by atoms with Gasteiger partial charge in [-0.05, 0) is 35.9 Å². The number of amides is 1. The Bertz CT molecular complexity index is 776. The number of nitrogens with zero attached hydrogens (tertiary/aromatic N) is 1. The Morgan fingerprint density at radius 1 is 1.00 bits per heavy atom. The average molecular weight is 308 g/mol. The van der Waals surface area contributed by atoms with E-state index >= 15 is 0 Å². The van der Waals surface area contributed by atoms with Crippen LogP contribution in [0.1, 0.15) is 15.9 Å². The average Bonchev–Trinajstić information content (AvgIpc) is 2.66. The molecule has 0 bridgehead atoms. The highest BCUT2D eigenvalue weighted by molar-refractivity contribution is 6.52. The minimum Gasteiger partial charge on any atom is -0.300 e. The maximum atomic E-state index is 13.3. The van der Waals surface area contributed by atoms with E-state index < -0.39 is 23.3 Å². The third kappa shape index (κ3) is 2.29. The summed E-state index contributed by atoms with van der Waals surface area (Å²) in [7, 11) is 0. The highest BCUT2D eigenvalue weighted by Gasteiger charge is 2.36. The third-order valence-electron chi connectivity index (χ3n) is 3.28. The van der Waals surface area contributed by atoms with Gasteiger partial charge < -0.3 is 4.90 Å². The summed E-state index contributed by atoms with van der Waals surface area (Å²) in [6.45, 7) is -0.0276. The summed E-state index contributed by atoms with van der Waals surface area (Å²) in [5.74, 6) is -2.50. The van der Waals surface area contributed by atoms with Crippen molar-refractivity contribution in [3.8, 4) is 0 Å². The Morgan fingerprint density at radius 2 is 1.67 bits per heavy atom. The molecule has 3 nitrogen and oxygen atoms in total. The van der Waals surface area contributed by atoms with Gasteiger partial charge in [0.05, 0.1) is 17.8 Å². The second-order valence-corrected chi connectivity index (χ2v) is 5.02. The Hall–Kier alpha value is -2.27.